The molecule has 5 rings (SSSR count). The maximum absolute atomic E-state index is 14.0. The number of urea groups is 1. The van der Waals surface area contributed by atoms with Crippen LogP contribution in [0.15, 0.2) is 72.8 Å². The number of amides is 2. The van der Waals surface area contributed by atoms with Crippen molar-refractivity contribution in [2.75, 3.05) is 26.7 Å². The van der Waals surface area contributed by atoms with Crippen LogP contribution in [-0.4, -0.2) is 47.4 Å². The van der Waals surface area contributed by atoms with Gasteiger partial charge in [0.25, 0.3) is 0 Å². The van der Waals surface area contributed by atoms with Crippen LogP contribution in [0.5, 0.6) is 0 Å². The Hall–Kier alpha value is -3.60. The van der Waals surface area contributed by atoms with Gasteiger partial charge < -0.3 is 9.80 Å². The molecule has 0 N–H and O–H groups in total. The van der Waals surface area contributed by atoms with Crippen LogP contribution in [0, 0.1) is 17.7 Å². The average Bonchev–Trinajstić information content (AvgIpc) is 3.38. The van der Waals surface area contributed by atoms with Crippen molar-refractivity contribution < 1.29 is 35.5 Å². The minimum Gasteiger partial charge on any atom is -0.321 e. The largest absolute Gasteiger partial charge is 0.416 e. The number of benzene rings is 3. The molecule has 2 aliphatic heterocycles. The van der Waals surface area contributed by atoms with Gasteiger partial charge in [0.1, 0.15) is 5.82 Å². The van der Waals surface area contributed by atoms with E-state index in [4.69, 9.17) is 0 Å². The Morgan fingerprint density at radius 3 is 2.09 bits per heavy atom. The molecule has 3 aromatic carbocycles. The normalized spacial score (nSPS) is 21.9. The highest BCUT2D eigenvalue weighted by molar-refractivity contribution is 5.75. The lowest BCUT2D eigenvalue weighted by atomic mass is 9.79. The molecule has 3 unspecified atom stereocenters. The minimum absolute atomic E-state index is 0.000897. The van der Waals surface area contributed by atoms with E-state index < -0.39 is 47.4 Å². The van der Waals surface area contributed by atoms with Crippen LogP contribution in [0.25, 0.3) is 0 Å². The van der Waals surface area contributed by atoms with Crippen LogP contribution in [0.2, 0.25) is 0 Å². The molecule has 2 heterocycles. The summed E-state index contributed by atoms with van der Waals surface area (Å²) in [6.07, 6.45) is -9.31. The zero-order valence-electron chi connectivity index (χ0n) is 23.7. The fraction of sp³-hybridized carbons (Fsp3) is 0.406. The molecule has 11 heteroatoms. The number of alkyl halides is 6. The summed E-state index contributed by atoms with van der Waals surface area (Å²) in [7, 11) is 1.38. The maximum atomic E-state index is 14.0. The van der Waals surface area contributed by atoms with Gasteiger partial charge in [-0.15, -0.1) is 0 Å². The lowest BCUT2D eigenvalue weighted by Gasteiger charge is -2.45. The lowest BCUT2D eigenvalue weighted by molar-refractivity contribution is -0.143. The van der Waals surface area contributed by atoms with Gasteiger partial charge in [-0.1, -0.05) is 42.5 Å². The molecule has 4 atom stereocenters. The highest BCUT2D eigenvalue weighted by Crippen LogP contribution is 2.45. The Morgan fingerprint density at radius 2 is 1.51 bits per heavy atom. The van der Waals surface area contributed by atoms with E-state index in [-0.39, 0.29) is 23.5 Å². The second-order valence-corrected chi connectivity index (χ2v) is 11.5. The van der Waals surface area contributed by atoms with Crippen molar-refractivity contribution in [2.24, 2.45) is 11.8 Å². The van der Waals surface area contributed by atoms with Gasteiger partial charge >= 0.3 is 18.4 Å². The molecule has 0 bridgehead atoms. The van der Waals surface area contributed by atoms with Crippen molar-refractivity contribution >= 4 is 6.03 Å². The Balaban J connectivity index is 1.44. The van der Waals surface area contributed by atoms with Crippen LogP contribution >= 0.6 is 0 Å². The van der Waals surface area contributed by atoms with E-state index in [0.717, 1.165) is 24.2 Å². The molecule has 2 aliphatic rings. The number of rotatable bonds is 5. The summed E-state index contributed by atoms with van der Waals surface area (Å²) in [5.74, 6) is -0.175. The number of hydrogen-bond donors (Lipinski definition) is 0. The monoisotopic (exact) mass is 607 g/mol. The number of carbonyl (C=O) groups excluding carboxylic acids is 1. The summed E-state index contributed by atoms with van der Waals surface area (Å²) in [6, 6.07) is 15.2. The molecular formula is C32H32F7N3O. The van der Waals surface area contributed by atoms with E-state index in [2.05, 4.69) is 4.90 Å². The summed E-state index contributed by atoms with van der Waals surface area (Å²) in [6.45, 7) is 3.97. The molecule has 4 nitrogen and oxygen atoms in total. The SMILES string of the molecule is CC(c1cc(C(F)(F)F)cc(C(F)(F)F)c1)N(C)C(=O)N1CCC2CN(Cc3ccccc3)C[C@H]2C1c1ccc(F)cc1. The molecule has 43 heavy (non-hydrogen) atoms. The van der Waals surface area contributed by atoms with Crippen molar-refractivity contribution in [1.29, 1.82) is 0 Å². The molecule has 0 radical (unpaired) electrons. The molecule has 0 spiro atoms. The van der Waals surface area contributed by atoms with Crippen LogP contribution in [0.4, 0.5) is 35.5 Å². The number of piperidine rings is 1. The Labute approximate surface area is 245 Å². The van der Waals surface area contributed by atoms with Crippen LogP contribution < -0.4 is 0 Å². The van der Waals surface area contributed by atoms with Crippen LogP contribution in [0.3, 0.4) is 0 Å². The first-order valence-corrected chi connectivity index (χ1v) is 14.1. The van der Waals surface area contributed by atoms with Crippen LogP contribution in [0.1, 0.15) is 53.2 Å². The number of carbonyl (C=O) groups is 1. The van der Waals surface area contributed by atoms with Crippen molar-refractivity contribution in [3.05, 3.63) is 106 Å². The summed E-state index contributed by atoms with van der Waals surface area (Å²) in [5.41, 5.74) is -1.26. The molecule has 2 saturated heterocycles. The predicted octanol–water partition coefficient (Wildman–Crippen LogP) is 8.17. The molecule has 0 aliphatic carbocycles. The zero-order valence-corrected chi connectivity index (χ0v) is 23.7. The summed E-state index contributed by atoms with van der Waals surface area (Å²) in [4.78, 5) is 19.1. The number of nitrogens with zero attached hydrogens (tertiary/aromatic N) is 3. The van der Waals surface area contributed by atoms with Crippen molar-refractivity contribution in [3.63, 3.8) is 0 Å². The third-order valence-electron chi connectivity index (χ3n) is 8.73. The average molecular weight is 608 g/mol. The van der Waals surface area contributed by atoms with Gasteiger partial charge in [0.2, 0.25) is 0 Å². The minimum atomic E-state index is -5.00. The van der Waals surface area contributed by atoms with Gasteiger partial charge in [-0.3, -0.25) is 4.90 Å². The third-order valence-corrected chi connectivity index (χ3v) is 8.73. The van der Waals surface area contributed by atoms with E-state index in [1.54, 1.807) is 17.0 Å². The van der Waals surface area contributed by atoms with E-state index in [1.165, 1.54) is 31.0 Å². The highest BCUT2D eigenvalue weighted by Gasteiger charge is 2.47. The maximum Gasteiger partial charge on any atom is 0.416 e. The molecule has 230 valence electrons. The molecule has 0 saturated carbocycles. The van der Waals surface area contributed by atoms with E-state index in [0.29, 0.717) is 31.6 Å². The first kappa shape index (κ1) is 30.8. The van der Waals surface area contributed by atoms with Crippen molar-refractivity contribution in [2.45, 2.75) is 44.3 Å². The second-order valence-electron chi connectivity index (χ2n) is 11.5. The fourth-order valence-corrected chi connectivity index (χ4v) is 6.41. The van der Waals surface area contributed by atoms with E-state index in [1.807, 2.05) is 30.3 Å². The van der Waals surface area contributed by atoms with Crippen molar-refractivity contribution in [3.8, 4) is 0 Å². The summed E-state index contributed by atoms with van der Waals surface area (Å²) >= 11 is 0. The standard InChI is InChI=1S/C32H32F7N3O/c1-20(24-14-25(31(34,35)36)16-26(15-24)32(37,38)39)40(2)30(43)42-13-12-23-18-41(17-21-6-4-3-5-7-21)19-28(23)29(42)22-8-10-27(33)11-9-22/h3-11,14-16,20,23,28-29H,12-13,17-19H2,1-2H3/t20?,23?,28-,29?/m1/s1. The quantitative estimate of drug-likeness (QED) is 0.274. The number of fused-ring (bicyclic) bond motifs is 1. The van der Waals surface area contributed by atoms with Gasteiger partial charge in [0.05, 0.1) is 23.2 Å². The van der Waals surface area contributed by atoms with Gasteiger partial charge in [0, 0.05) is 39.1 Å². The van der Waals surface area contributed by atoms with Gasteiger partial charge in [0.15, 0.2) is 0 Å². The second kappa shape index (κ2) is 11.8. The molecule has 2 fully saturated rings. The lowest BCUT2D eigenvalue weighted by Crippen LogP contribution is -2.50. The molecular weight excluding hydrogens is 575 g/mol. The summed E-state index contributed by atoms with van der Waals surface area (Å²) < 4.78 is 95.0. The van der Waals surface area contributed by atoms with Crippen LogP contribution in [-0.2, 0) is 18.9 Å². The number of hydrogen-bond acceptors (Lipinski definition) is 2. The Bertz CT molecular complexity index is 1390. The molecule has 0 aromatic heterocycles. The topological polar surface area (TPSA) is 26.8 Å². The number of likely N-dealkylation sites (tertiary alicyclic amines) is 2. The van der Waals surface area contributed by atoms with E-state index >= 15 is 0 Å². The first-order valence-electron chi connectivity index (χ1n) is 14.1. The van der Waals surface area contributed by atoms with Gasteiger partial charge in [-0.25, -0.2) is 9.18 Å². The summed E-state index contributed by atoms with van der Waals surface area (Å²) in [5, 5.41) is 0. The van der Waals surface area contributed by atoms with Crippen molar-refractivity contribution in [1.82, 2.24) is 14.7 Å². The Kier molecular flexibility index (Phi) is 8.48. The number of halogens is 7. The first-order chi connectivity index (χ1) is 20.2. The Morgan fingerprint density at radius 1 is 0.907 bits per heavy atom. The smallest absolute Gasteiger partial charge is 0.321 e. The van der Waals surface area contributed by atoms with Gasteiger partial charge in [-0.05, 0) is 66.3 Å². The zero-order chi connectivity index (χ0) is 31.1. The fourth-order valence-electron chi connectivity index (χ4n) is 6.41. The molecule has 2 amide bonds. The highest BCUT2D eigenvalue weighted by atomic mass is 19.4. The predicted molar refractivity (Wildman–Crippen MR) is 147 cm³/mol. The van der Waals surface area contributed by atoms with Gasteiger partial charge in [-0.2, -0.15) is 26.3 Å². The third kappa shape index (κ3) is 6.66. The molecule has 3 aromatic rings. The van der Waals surface area contributed by atoms with E-state index in [9.17, 15) is 35.5 Å².